The fraction of sp³-hybridized carbons (Fsp3) is 0.647. The number of hydrogen-bond donors (Lipinski definition) is 1. The van der Waals surface area contributed by atoms with E-state index < -0.39 is 0 Å². The Hall–Kier alpha value is -1.10. The summed E-state index contributed by atoms with van der Waals surface area (Å²) in [6.07, 6.45) is 1.18. The van der Waals surface area contributed by atoms with Crippen molar-refractivity contribution in [2.24, 2.45) is 0 Å². The van der Waals surface area contributed by atoms with Crippen molar-refractivity contribution in [3.8, 4) is 5.75 Å². The van der Waals surface area contributed by atoms with Gasteiger partial charge < -0.3 is 19.5 Å². The Labute approximate surface area is 128 Å². The average molecular weight is 295 g/mol. The van der Waals surface area contributed by atoms with Gasteiger partial charge in [-0.1, -0.05) is 19.1 Å². The molecule has 0 aromatic heterocycles. The van der Waals surface area contributed by atoms with E-state index in [1.165, 1.54) is 5.56 Å². The predicted octanol–water partition coefficient (Wildman–Crippen LogP) is 3.18. The van der Waals surface area contributed by atoms with Gasteiger partial charge in [0.15, 0.2) is 0 Å². The van der Waals surface area contributed by atoms with Crippen LogP contribution in [0.3, 0.4) is 0 Å². The van der Waals surface area contributed by atoms with Crippen LogP contribution in [0, 0.1) is 0 Å². The summed E-state index contributed by atoms with van der Waals surface area (Å²) >= 11 is 0. The summed E-state index contributed by atoms with van der Waals surface area (Å²) in [4.78, 5) is 0. The second-order valence-electron chi connectivity index (χ2n) is 4.98. The van der Waals surface area contributed by atoms with Crippen molar-refractivity contribution in [3.05, 3.63) is 29.8 Å². The van der Waals surface area contributed by atoms with Gasteiger partial charge in [-0.05, 0) is 44.5 Å². The summed E-state index contributed by atoms with van der Waals surface area (Å²) in [6, 6.07) is 8.34. The number of hydrogen-bond acceptors (Lipinski definition) is 4. The van der Waals surface area contributed by atoms with Crippen LogP contribution in [0.15, 0.2) is 24.3 Å². The Morgan fingerprint density at radius 2 is 1.81 bits per heavy atom. The monoisotopic (exact) mass is 295 g/mol. The van der Waals surface area contributed by atoms with Gasteiger partial charge in [0.1, 0.15) is 5.75 Å². The van der Waals surface area contributed by atoms with Gasteiger partial charge in [-0.3, -0.25) is 0 Å². The minimum absolute atomic E-state index is 0.0883. The molecule has 0 aliphatic rings. The van der Waals surface area contributed by atoms with E-state index in [0.29, 0.717) is 13.2 Å². The van der Waals surface area contributed by atoms with Crippen molar-refractivity contribution < 1.29 is 14.2 Å². The molecule has 0 spiro atoms. The first-order valence-electron chi connectivity index (χ1n) is 7.79. The highest BCUT2D eigenvalue weighted by Crippen LogP contribution is 2.22. The fourth-order valence-corrected chi connectivity index (χ4v) is 2.20. The van der Waals surface area contributed by atoms with E-state index >= 15 is 0 Å². The summed E-state index contributed by atoms with van der Waals surface area (Å²) in [6.45, 7) is 9.22. The maximum Gasteiger partial charge on any atom is 0.118 e. The molecule has 0 aliphatic heterocycles. The summed E-state index contributed by atoms with van der Waals surface area (Å²) < 4.78 is 16.4. The Morgan fingerprint density at radius 3 is 2.38 bits per heavy atom. The first-order valence-corrected chi connectivity index (χ1v) is 7.79. The van der Waals surface area contributed by atoms with Crippen molar-refractivity contribution >= 4 is 0 Å². The van der Waals surface area contributed by atoms with Gasteiger partial charge in [0.25, 0.3) is 0 Å². The second-order valence-corrected chi connectivity index (χ2v) is 4.98. The molecule has 0 saturated heterocycles. The molecule has 21 heavy (non-hydrogen) atoms. The smallest absolute Gasteiger partial charge is 0.118 e. The molecule has 0 saturated carbocycles. The summed E-state index contributed by atoms with van der Waals surface area (Å²) in [5.74, 6) is 0.873. The van der Waals surface area contributed by atoms with E-state index in [-0.39, 0.29) is 12.1 Å². The molecule has 1 N–H and O–H groups in total. The lowest BCUT2D eigenvalue weighted by Gasteiger charge is -2.26. The van der Waals surface area contributed by atoms with Crippen LogP contribution in [-0.2, 0) is 9.47 Å². The van der Waals surface area contributed by atoms with E-state index in [9.17, 15) is 0 Å². The van der Waals surface area contributed by atoms with Crippen molar-refractivity contribution in [1.82, 2.24) is 5.32 Å². The molecular formula is C17H29NO3. The van der Waals surface area contributed by atoms with Crippen LogP contribution >= 0.6 is 0 Å². The van der Waals surface area contributed by atoms with Crippen LogP contribution in [-0.4, -0.2) is 39.6 Å². The van der Waals surface area contributed by atoms with Crippen molar-refractivity contribution in [3.63, 3.8) is 0 Å². The maximum absolute atomic E-state index is 5.90. The van der Waals surface area contributed by atoms with Gasteiger partial charge in [0.2, 0.25) is 0 Å². The number of rotatable bonds is 11. The quantitative estimate of drug-likeness (QED) is 0.637. The lowest BCUT2D eigenvalue weighted by Crippen LogP contribution is -2.33. The van der Waals surface area contributed by atoms with E-state index in [1.54, 1.807) is 7.11 Å². The molecule has 0 heterocycles. The van der Waals surface area contributed by atoms with Crippen molar-refractivity contribution in [2.75, 3.05) is 33.5 Å². The Kier molecular flexibility index (Phi) is 9.06. The van der Waals surface area contributed by atoms with E-state index in [1.807, 2.05) is 19.1 Å². The molecule has 2 atom stereocenters. The molecule has 120 valence electrons. The molecule has 0 aliphatic carbocycles. The zero-order chi connectivity index (χ0) is 15.5. The zero-order valence-corrected chi connectivity index (χ0v) is 13.7. The largest absolute Gasteiger partial charge is 0.497 e. The normalized spacial score (nSPS) is 13.9. The van der Waals surface area contributed by atoms with Crippen molar-refractivity contribution in [1.29, 1.82) is 0 Å². The highest BCUT2D eigenvalue weighted by atomic mass is 16.5. The first kappa shape index (κ1) is 18.0. The minimum atomic E-state index is 0.0883. The molecule has 0 bridgehead atoms. The van der Waals surface area contributed by atoms with Gasteiger partial charge in [-0.15, -0.1) is 0 Å². The maximum atomic E-state index is 5.90. The summed E-state index contributed by atoms with van der Waals surface area (Å²) in [5.41, 5.74) is 1.22. The highest BCUT2D eigenvalue weighted by molar-refractivity contribution is 5.29. The Bertz CT molecular complexity index is 367. The minimum Gasteiger partial charge on any atom is -0.497 e. The molecule has 0 radical (unpaired) electrons. The van der Waals surface area contributed by atoms with E-state index in [0.717, 1.165) is 25.3 Å². The number of benzene rings is 1. The fourth-order valence-electron chi connectivity index (χ4n) is 2.20. The average Bonchev–Trinajstić information content (AvgIpc) is 2.52. The van der Waals surface area contributed by atoms with Gasteiger partial charge in [-0.25, -0.2) is 0 Å². The van der Waals surface area contributed by atoms with Gasteiger partial charge in [0, 0.05) is 6.61 Å². The predicted molar refractivity (Wildman–Crippen MR) is 85.9 cm³/mol. The van der Waals surface area contributed by atoms with Crippen molar-refractivity contribution in [2.45, 2.75) is 39.3 Å². The molecule has 1 aromatic carbocycles. The number of ether oxygens (including phenoxy) is 3. The van der Waals surface area contributed by atoms with Gasteiger partial charge >= 0.3 is 0 Å². The molecule has 0 amide bonds. The van der Waals surface area contributed by atoms with Gasteiger partial charge in [-0.2, -0.15) is 0 Å². The Morgan fingerprint density at radius 1 is 1.10 bits per heavy atom. The molecule has 4 nitrogen and oxygen atoms in total. The highest BCUT2D eigenvalue weighted by Gasteiger charge is 2.19. The SMILES string of the molecule is CCCNC(c1ccc(OC)cc1)C(C)OCCOCC. The van der Waals surface area contributed by atoms with E-state index in [4.69, 9.17) is 14.2 Å². The van der Waals surface area contributed by atoms with Crippen LogP contribution < -0.4 is 10.1 Å². The van der Waals surface area contributed by atoms with Gasteiger partial charge in [0.05, 0.1) is 32.5 Å². The topological polar surface area (TPSA) is 39.7 Å². The summed E-state index contributed by atoms with van der Waals surface area (Å²) in [5, 5.41) is 3.56. The van der Waals surface area contributed by atoms with Crippen LogP contribution in [0.5, 0.6) is 5.75 Å². The van der Waals surface area contributed by atoms with Crippen LogP contribution in [0.25, 0.3) is 0 Å². The Balaban J connectivity index is 2.63. The second kappa shape index (κ2) is 10.6. The lowest BCUT2D eigenvalue weighted by molar-refractivity contribution is -0.00118. The molecule has 1 aromatic rings. The standard InChI is InChI=1S/C17H29NO3/c1-5-11-18-17(14(3)21-13-12-20-6-2)15-7-9-16(19-4)10-8-15/h7-10,14,17-18H,5-6,11-13H2,1-4H3. The molecule has 0 fully saturated rings. The molecular weight excluding hydrogens is 266 g/mol. The lowest BCUT2D eigenvalue weighted by atomic mass is 10.0. The van der Waals surface area contributed by atoms with Crippen LogP contribution in [0.4, 0.5) is 0 Å². The molecule has 4 heteroatoms. The third-order valence-corrected chi connectivity index (χ3v) is 3.37. The molecule has 2 unspecified atom stereocenters. The summed E-state index contributed by atoms with van der Waals surface area (Å²) in [7, 11) is 1.68. The third kappa shape index (κ3) is 6.46. The number of nitrogens with one attached hydrogen (secondary N) is 1. The third-order valence-electron chi connectivity index (χ3n) is 3.37. The molecule has 1 rings (SSSR count). The number of methoxy groups -OCH3 is 1. The van der Waals surface area contributed by atoms with Crippen LogP contribution in [0.1, 0.15) is 38.8 Å². The zero-order valence-electron chi connectivity index (χ0n) is 13.7. The van der Waals surface area contributed by atoms with E-state index in [2.05, 4.69) is 31.3 Å². The van der Waals surface area contributed by atoms with Crippen LogP contribution in [0.2, 0.25) is 0 Å². The first-order chi connectivity index (χ1) is 10.2.